The topological polar surface area (TPSA) is 84.9 Å². The van der Waals surface area contributed by atoms with Crippen LogP contribution in [0.3, 0.4) is 0 Å². The average Bonchev–Trinajstić information content (AvgIpc) is 3.16. The van der Waals surface area contributed by atoms with Crippen molar-refractivity contribution < 1.29 is 31.5 Å². The highest BCUT2D eigenvalue weighted by molar-refractivity contribution is 7.89. The summed E-state index contributed by atoms with van der Waals surface area (Å²) in [6.45, 7) is -0.715. The lowest BCUT2D eigenvalue weighted by Gasteiger charge is -2.22. The molecule has 158 valence electrons. The minimum absolute atomic E-state index is 0.00986. The summed E-state index contributed by atoms with van der Waals surface area (Å²) in [5.41, 5.74) is -0.00986. The van der Waals surface area contributed by atoms with Crippen molar-refractivity contribution >= 4 is 15.9 Å². The molecule has 2 rings (SSSR count). The van der Waals surface area contributed by atoms with Crippen LogP contribution < -0.4 is 9.46 Å². The fourth-order valence-electron chi connectivity index (χ4n) is 3.17. The summed E-state index contributed by atoms with van der Waals surface area (Å²) in [7, 11) is -1.20. The largest absolute Gasteiger partial charge is 0.495 e. The minimum atomic E-state index is -3.93. The van der Waals surface area contributed by atoms with Gasteiger partial charge in [-0.1, -0.05) is 12.8 Å². The van der Waals surface area contributed by atoms with Crippen molar-refractivity contribution in [2.75, 3.05) is 33.9 Å². The molecule has 1 saturated carbocycles. The second-order valence-electron chi connectivity index (χ2n) is 6.60. The van der Waals surface area contributed by atoms with Gasteiger partial charge in [-0.2, -0.15) is 0 Å². The number of hydrogen-bond donors (Lipinski definition) is 1. The highest BCUT2D eigenvalue weighted by Crippen LogP contribution is 2.27. The lowest BCUT2D eigenvalue weighted by molar-refractivity contribution is 0.0478. The third kappa shape index (κ3) is 5.86. The number of rotatable bonds is 10. The molecule has 0 bridgehead atoms. The van der Waals surface area contributed by atoms with Crippen LogP contribution in [0, 0.1) is 0 Å². The van der Waals surface area contributed by atoms with Crippen LogP contribution in [0.25, 0.3) is 0 Å². The van der Waals surface area contributed by atoms with Gasteiger partial charge >= 0.3 is 0 Å². The summed E-state index contributed by atoms with van der Waals surface area (Å²) >= 11 is 0. The first-order valence-electron chi connectivity index (χ1n) is 9.05. The van der Waals surface area contributed by atoms with Crippen molar-refractivity contribution in [3.8, 4) is 5.75 Å². The van der Waals surface area contributed by atoms with Gasteiger partial charge in [-0.3, -0.25) is 4.79 Å². The number of carbonyl (C=O) groups excluding carboxylic acids is 1. The van der Waals surface area contributed by atoms with E-state index in [1.165, 1.54) is 32.4 Å². The standard InChI is InChI=1S/C18H26F2N2O5S/c1-26-10-9-22(12-17(19)20)18(23)13-7-8-15(27-2)16(11-13)28(24,25)21-14-5-3-4-6-14/h7-8,11,14,17,21H,3-6,9-10,12H2,1-2H3. The van der Waals surface area contributed by atoms with Crippen molar-refractivity contribution in [3.63, 3.8) is 0 Å². The lowest BCUT2D eigenvalue weighted by atomic mass is 10.2. The molecule has 1 aromatic rings. The van der Waals surface area contributed by atoms with E-state index in [0.29, 0.717) is 0 Å². The van der Waals surface area contributed by atoms with Crippen LogP contribution in [0.4, 0.5) is 8.78 Å². The molecule has 1 aliphatic rings. The van der Waals surface area contributed by atoms with Gasteiger partial charge in [-0.15, -0.1) is 0 Å². The van der Waals surface area contributed by atoms with Gasteiger partial charge in [0.2, 0.25) is 10.0 Å². The number of ether oxygens (including phenoxy) is 2. The zero-order valence-corrected chi connectivity index (χ0v) is 16.8. The molecule has 0 saturated heterocycles. The number of methoxy groups -OCH3 is 2. The SMILES string of the molecule is COCCN(CC(F)F)C(=O)c1ccc(OC)c(S(=O)(=O)NC2CCCC2)c1. The molecule has 0 atom stereocenters. The van der Waals surface area contributed by atoms with Gasteiger partial charge in [0.05, 0.1) is 20.3 Å². The Balaban J connectivity index is 2.32. The summed E-state index contributed by atoms with van der Waals surface area (Å²) < 4.78 is 63.9. The molecule has 7 nitrogen and oxygen atoms in total. The second kappa shape index (κ2) is 10.1. The maximum atomic E-state index is 12.8. The summed E-state index contributed by atoms with van der Waals surface area (Å²) in [5, 5.41) is 0. The van der Waals surface area contributed by atoms with Crippen molar-refractivity contribution in [1.82, 2.24) is 9.62 Å². The molecule has 1 fully saturated rings. The lowest BCUT2D eigenvalue weighted by Crippen LogP contribution is -2.38. The first-order chi connectivity index (χ1) is 13.3. The Kier molecular flexibility index (Phi) is 8.14. The molecule has 0 aromatic heterocycles. The van der Waals surface area contributed by atoms with Crippen molar-refractivity contribution in [2.24, 2.45) is 0 Å². The molecular formula is C18H26F2N2O5S. The molecular weight excluding hydrogens is 394 g/mol. The number of carbonyl (C=O) groups is 1. The Bertz CT molecular complexity index is 767. The first kappa shape index (κ1) is 22.5. The third-order valence-corrected chi connectivity index (χ3v) is 6.13. The average molecular weight is 420 g/mol. The van der Waals surface area contributed by atoms with Crippen LogP contribution in [0.2, 0.25) is 0 Å². The van der Waals surface area contributed by atoms with Crippen LogP contribution >= 0.6 is 0 Å². The Morgan fingerprint density at radius 3 is 2.54 bits per heavy atom. The fraction of sp³-hybridized carbons (Fsp3) is 0.611. The highest BCUT2D eigenvalue weighted by Gasteiger charge is 2.28. The van der Waals surface area contributed by atoms with Gasteiger partial charge in [0.1, 0.15) is 10.6 Å². The van der Waals surface area contributed by atoms with E-state index in [2.05, 4.69) is 4.72 Å². The molecule has 0 aliphatic heterocycles. The van der Waals surface area contributed by atoms with Gasteiger partial charge in [-0.05, 0) is 31.0 Å². The van der Waals surface area contributed by atoms with Gasteiger partial charge in [0.15, 0.2) is 0 Å². The number of nitrogens with zero attached hydrogens (tertiary/aromatic N) is 1. The normalized spacial score (nSPS) is 15.2. The molecule has 0 heterocycles. The monoisotopic (exact) mass is 420 g/mol. The van der Waals surface area contributed by atoms with E-state index in [9.17, 15) is 22.0 Å². The predicted molar refractivity (Wildman–Crippen MR) is 99.4 cm³/mol. The first-order valence-corrected chi connectivity index (χ1v) is 10.5. The number of alkyl halides is 2. The Hall–Kier alpha value is -1.78. The maximum Gasteiger partial charge on any atom is 0.255 e. The number of nitrogens with one attached hydrogen (secondary N) is 1. The number of sulfonamides is 1. The van der Waals surface area contributed by atoms with Crippen molar-refractivity contribution in [2.45, 2.75) is 43.0 Å². The third-order valence-electron chi connectivity index (χ3n) is 4.59. The molecule has 1 aliphatic carbocycles. The highest BCUT2D eigenvalue weighted by atomic mass is 32.2. The van der Waals surface area contributed by atoms with Gasteiger partial charge in [0.25, 0.3) is 12.3 Å². The van der Waals surface area contributed by atoms with Crippen LogP contribution in [0.5, 0.6) is 5.75 Å². The molecule has 1 N–H and O–H groups in total. The quantitative estimate of drug-likeness (QED) is 0.628. The fourth-order valence-corrected chi connectivity index (χ4v) is 4.67. The van der Waals surface area contributed by atoms with Crippen molar-refractivity contribution in [3.05, 3.63) is 23.8 Å². The summed E-state index contributed by atoms with van der Waals surface area (Å²) in [6, 6.07) is 3.73. The predicted octanol–water partition coefficient (Wildman–Crippen LogP) is 2.27. The molecule has 1 amide bonds. The number of amides is 1. The minimum Gasteiger partial charge on any atom is -0.495 e. The molecule has 0 radical (unpaired) electrons. The molecule has 10 heteroatoms. The molecule has 1 aromatic carbocycles. The van der Waals surface area contributed by atoms with Crippen molar-refractivity contribution in [1.29, 1.82) is 0 Å². The van der Waals surface area contributed by atoms with E-state index in [0.717, 1.165) is 30.6 Å². The maximum absolute atomic E-state index is 12.8. The Morgan fingerprint density at radius 2 is 1.96 bits per heavy atom. The summed E-state index contributed by atoms with van der Waals surface area (Å²) in [5.74, 6) is -0.614. The summed E-state index contributed by atoms with van der Waals surface area (Å²) in [4.78, 5) is 13.4. The Morgan fingerprint density at radius 1 is 1.29 bits per heavy atom. The molecule has 0 unspecified atom stereocenters. The van der Waals surface area contributed by atoms with E-state index in [-0.39, 0.29) is 35.4 Å². The second-order valence-corrected chi connectivity index (χ2v) is 8.29. The van der Waals surface area contributed by atoms with Crippen LogP contribution in [0.1, 0.15) is 36.0 Å². The van der Waals surface area contributed by atoms with Crippen LogP contribution in [-0.2, 0) is 14.8 Å². The van der Waals surface area contributed by atoms with Gasteiger partial charge in [-0.25, -0.2) is 21.9 Å². The van der Waals surface area contributed by atoms with E-state index >= 15 is 0 Å². The van der Waals surface area contributed by atoms with E-state index in [4.69, 9.17) is 9.47 Å². The van der Waals surface area contributed by atoms with E-state index in [1.54, 1.807) is 0 Å². The summed E-state index contributed by atoms with van der Waals surface area (Å²) in [6.07, 6.45) is 0.681. The number of halogens is 2. The number of benzene rings is 1. The van der Waals surface area contributed by atoms with Gasteiger partial charge < -0.3 is 14.4 Å². The zero-order chi connectivity index (χ0) is 20.7. The Labute approximate surface area is 164 Å². The van der Waals surface area contributed by atoms with Crippen LogP contribution in [0.15, 0.2) is 23.1 Å². The van der Waals surface area contributed by atoms with E-state index < -0.39 is 28.9 Å². The zero-order valence-electron chi connectivity index (χ0n) is 16.0. The molecule has 28 heavy (non-hydrogen) atoms. The van der Waals surface area contributed by atoms with Gasteiger partial charge in [0, 0.05) is 25.3 Å². The smallest absolute Gasteiger partial charge is 0.255 e. The molecule has 0 spiro atoms. The van der Waals surface area contributed by atoms with Crippen LogP contribution in [-0.4, -0.2) is 65.6 Å². The van der Waals surface area contributed by atoms with E-state index in [1.807, 2.05) is 0 Å². The number of hydrogen-bond acceptors (Lipinski definition) is 5.